The number of hydrogen-bond acceptors (Lipinski definition) is 3. The van der Waals surface area contributed by atoms with E-state index in [-0.39, 0.29) is 17.9 Å². The predicted octanol–water partition coefficient (Wildman–Crippen LogP) is -0.0866. The third-order valence-electron chi connectivity index (χ3n) is 3.22. The molecule has 0 bridgehead atoms. The summed E-state index contributed by atoms with van der Waals surface area (Å²) >= 11 is 0. The Balaban J connectivity index is 1.56. The Bertz CT molecular complexity index is 283. The van der Waals surface area contributed by atoms with Crippen LogP contribution in [0.15, 0.2) is 0 Å². The number of carbonyl (C=O) groups excluding carboxylic acids is 2. The molecule has 5 nitrogen and oxygen atoms in total. The minimum Gasteiger partial charge on any atom is -0.354 e. The van der Waals surface area contributed by atoms with Crippen LogP contribution in [0.25, 0.3) is 0 Å². The molecule has 3 N–H and O–H groups in total. The van der Waals surface area contributed by atoms with E-state index < -0.39 is 0 Å². The molecule has 2 fully saturated rings. The molecule has 0 spiro atoms. The van der Waals surface area contributed by atoms with E-state index in [0.717, 1.165) is 38.6 Å². The molecule has 0 aromatic carbocycles. The van der Waals surface area contributed by atoms with E-state index in [1.165, 1.54) is 0 Å². The molecule has 5 heteroatoms. The second-order valence-electron chi connectivity index (χ2n) is 4.89. The largest absolute Gasteiger partial charge is 0.354 e. The van der Waals surface area contributed by atoms with Crippen LogP contribution in [0.4, 0.5) is 0 Å². The first-order chi connectivity index (χ1) is 8.25. The molecule has 1 unspecified atom stereocenters. The summed E-state index contributed by atoms with van der Waals surface area (Å²) in [6.45, 7) is 1.36. The van der Waals surface area contributed by atoms with Crippen molar-refractivity contribution in [2.24, 2.45) is 0 Å². The summed E-state index contributed by atoms with van der Waals surface area (Å²) in [5.41, 5.74) is 0. The van der Waals surface area contributed by atoms with Crippen molar-refractivity contribution < 1.29 is 9.59 Å². The fourth-order valence-electron chi connectivity index (χ4n) is 2.03. The monoisotopic (exact) mass is 239 g/mol. The van der Waals surface area contributed by atoms with E-state index in [4.69, 9.17) is 0 Å². The zero-order valence-corrected chi connectivity index (χ0v) is 10.1. The van der Waals surface area contributed by atoms with Crippen molar-refractivity contribution in [1.29, 1.82) is 0 Å². The van der Waals surface area contributed by atoms with Crippen molar-refractivity contribution in [2.45, 2.75) is 50.6 Å². The standard InChI is InChI=1S/C12H21N3O2/c16-11(15-9-4-5-9)6-8-14-12(17)10-3-1-2-7-13-10/h9-10,13H,1-8H2,(H,14,17)(H,15,16). The maximum atomic E-state index is 11.7. The lowest BCUT2D eigenvalue weighted by Gasteiger charge is -2.22. The summed E-state index contributed by atoms with van der Waals surface area (Å²) in [6, 6.07) is 0.341. The van der Waals surface area contributed by atoms with Crippen LogP contribution >= 0.6 is 0 Å². The summed E-state index contributed by atoms with van der Waals surface area (Å²) in [6.07, 6.45) is 5.74. The van der Waals surface area contributed by atoms with Crippen molar-refractivity contribution in [3.05, 3.63) is 0 Å². The molecule has 1 aliphatic heterocycles. The van der Waals surface area contributed by atoms with Crippen molar-refractivity contribution in [3.8, 4) is 0 Å². The van der Waals surface area contributed by atoms with Crippen LogP contribution in [0.3, 0.4) is 0 Å². The summed E-state index contributed by atoms with van der Waals surface area (Å²) < 4.78 is 0. The smallest absolute Gasteiger partial charge is 0.237 e. The first-order valence-corrected chi connectivity index (χ1v) is 6.56. The average Bonchev–Trinajstić information content (AvgIpc) is 3.14. The molecular formula is C12H21N3O2. The SMILES string of the molecule is O=C(CCNC(=O)C1CCCCN1)NC1CC1. The van der Waals surface area contributed by atoms with Crippen molar-refractivity contribution in [3.63, 3.8) is 0 Å². The van der Waals surface area contributed by atoms with Gasteiger partial charge in [0.1, 0.15) is 0 Å². The lowest BCUT2D eigenvalue weighted by Crippen LogP contribution is -2.47. The summed E-state index contributed by atoms with van der Waals surface area (Å²) in [4.78, 5) is 23.1. The molecule has 2 rings (SSSR count). The maximum Gasteiger partial charge on any atom is 0.237 e. The molecule has 1 saturated heterocycles. The van der Waals surface area contributed by atoms with E-state index in [1.54, 1.807) is 0 Å². The predicted molar refractivity (Wildman–Crippen MR) is 64.4 cm³/mol. The van der Waals surface area contributed by atoms with Gasteiger partial charge >= 0.3 is 0 Å². The summed E-state index contributed by atoms with van der Waals surface area (Å²) in [7, 11) is 0. The van der Waals surface area contributed by atoms with Gasteiger partial charge < -0.3 is 16.0 Å². The normalized spacial score (nSPS) is 24.1. The van der Waals surface area contributed by atoms with Gasteiger partial charge in [-0.2, -0.15) is 0 Å². The van der Waals surface area contributed by atoms with Gasteiger partial charge in [-0.1, -0.05) is 6.42 Å². The van der Waals surface area contributed by atoms with E-state index >= 15 is 0 Å². The molecule has 96 valence electrons. The second-order valence-corrected chi connectivity index (χ2v) is 4.89. The lowest BCUT2D eigenvalue weighted by molar-refractivity contribution is -0.124. The van der Waals surface area contributed by atoms with Gasteiger partial charge in [-0.25, -0.2) is 0 Å². The van der Waals surface area contributed by atoms with Crippen LogP contribution < -0.4 is 16.0 Å². The quantitative estimate of drug-likeness (QED) is 0.628. The Kier molecular flexibility index (Phi) is 4.36. The molecule has 0 aromatic rings. The Morgan fingerprint density at radius 2 is 2.00 bits per heavy atom. The molecule has 0 radical (unpaired) electrons. The van der Waals surface area contributed by atoms with Crippen molar-refractivity contribution in [1.82, 2.24) is 16.0 Å². The first-order valence-electron chi connectivity index (χ1n) is 6.56. The molecule has 0 aromatic heterocycles. The second kappa shape index (κ2) is 6.00. The highest BCUT2D eigenvalue weighted by Gasteiger charge is 2.23. The fourth-order valence-corrected chi connectivity index (χ4v) is 2.03. The highest BCUT2D eigenvalue weighted by atomic mass is 16.2. The van der Waals surface area contributed by atoms with Crippen LogP contribution in [-0.2, 0) is 9.59 Å². The minimum absolute atomic E-state index is 0.0314. The van der Waals surface area contributed by atoms with E-state index in [0.29, 0.717) is 19.0 Å². The fraction of sp³-hybridized carbons (Fsp3) is 0.833. The van der Waals surface area contributed by atoms with Gasteiger partial charge in [0.25, 0.3) is 0 Å². The number of carbonyl (C=O) groups is 2. The van der Waals surface area contributed by atoms with Gasteiger partial charge in [0.15, 0.2) is 0 Å². The van der Waals surface area contributed by atoms with Crippen LogP contribution in [-0.4, -0.2) is 37.0 Å². The molecule has 1 saturated carbocycles. The zero-order chi connectivity index (χ0) is 12.1. The Hall–Kier alpha value is -1.10. The molecule has 17 heavy (non-hydrogen) atoms. The lowest BCUT2D eigenvalue weighted by atomic mass is 10.0. The molecule has 1 atom stereocenters. The van der Waals surface area contributed by atoms with E-state index in [2.05, 4.69) is 16.0 Å². The van der Waals surface area contributed by atoms with Crippen molar-refractivity contribution in [2.75, 3.05) is 13.1 Å². The molecule has 2 aliphatic rings. The highest BCUT2D eigenvalue weighted by molar-refractivity contribution is 5.83. The topological polar surface area (TPSA) is 70.2 Å². The summed E-state index contributed by atoms with van der Waals surface area (Å²) in [5.74, 6) is 0.0772. The van der Waals surface area contributed by atoms with Crippen LogP contribution in [0.5, 0.6) is 0 Å². The number of hydrogen-bond donors (Lipinski definition) is 3. The van der Waals surface area contributed by atoms with Gasteiger partial charge in [0.2, 0.25) is 11.8 Å². The van der Waals surface area contributed by atoms with Gasteiger partial charge in [0, 0.05) is 19.0 Å². The zero-order valence-electron chi connectivity index (χ0n) is 10.1. The number of piperidine rings is 1. The van der Waals surface area contributed by atoms with E-state index in [9.17, 15) is 9.59 Å². The van der Waals surface area contributed by atoms with Crippen LogP contribution in [0.1, 0.15) is 38.5 Å². The Morgan fingerprint density at radius 1 is 1.18 bits per heavy atom. The molecular weight excluding hydrogens is 218 g/mol. The Labute approximate surface area is 102 Å². The average molecular weight is 239 g/mol. The Morgan fingerprint density at radius 3 is 2.65 bits per heavy atom. The molecule has 1 aliphatic carbocycles. The van der Waals surface area contributed by atoms with Gasteiger partial charge in [0.05, 0.1) is 6.04 Å². The first kappa shape index (κ1) is 12.4. The number of rotatable bonds is 5. The molecule has 1 heterocycles. The van der Waals surface area contributed by atoms with Crippen molar-refractivity contribution >= 4 is 11.8 Å². The summed E-state index contributed by atoms with van der Waals surface area (Å²) in [5, 5.41) is 8.90. The molecule has 2 amide bonds. The van der Waals surface area contributed by atoms with Crippen LogP contribution in [0, 0.1) is 0 Å². The maximum absolute atomic E-state index is 11.7. The number of amides is 2. The number of nitrogens with one attached hydrogen (secondary N) is 3. The van der Waals surface area contributed by atoms with Crippen LogP contribution in [0.2, 0.25) is 0 Å². The van der Waals surface area contributed by atoms with E-state index in [1.807, 2.05) is 0 Å². The van der Waals surface area contributed by atoms with Gasteiger partial charge in [-0.05, 0) is 32.2 Å². The van der Waals surface area contributed by atoms with Gasteiger partial charge in [-0.3, -0.25) is 9.59 Å². The third-order valence-corrected chi connectivity index (χ3v) is 3.22. The minimum atomic E-state index is -0.0600. The highest BCUT2D eigenvalue weighted by Crippen LogP contribution is 2.18. The van der Waals surface area contributed by atoms with Gasteiger partial charge in [-0.15, -0.1) is 0 Å². The third kappa shape index (κ3) is 4.34.